The van der Waals surface area contributed by atoms with Gasteiger partial charge in [-0.05, 0) is 47.9 Å². The van der Waals surface area contributed by atoms with Crippen LogP contribution in [-0.2, 0) is 11.3 Å². The van der Waals surface area contributed by atoms with Crippen LogP contribution in [0.1, 0.15) is 43.2 Å². The molecule has 0 aliphatic heterocycles. The largest absolute Gasteiger partial charge is 0.497 e. The minimum absolute atomic E-state index is 0.266. The van der Waals surface area contributed by atoms with Gasteiger partial charge in [-0.25, -0.2) is 0 Å². The van der Waals surface area contributed by atoms with E-state index in [2.05, 4.69) is 31.2 Å². The zero-order valence-corrected chi connectivity index (χ0v) is 15.2. The normalized spacial score (nSPS) is 18.6. The van der Waals surface area contributed by atoms with Gasteiger partial charge in [-0.2, -0.15) is 0 Å². The summed E-state index contributed by atoms with van der Waals surface area (Å²) in [5, 5.41) is 0. The Labute approximate surface area is 150 Å². The van der Waals surface area contributed by atoms with E-state index < -0.39 is 0 Å². The molecule has 25 heavy (non-hydrogen) atoms. The number of carbonyl (C=O) groups is 1. The van der Waals surface area contributed by atoms with E-state index in [1.54, 1.807) is 7.11 Å². The summed E-state index contributed by atoms with van der Waals surface area (Å²) in [4.78, 5) is 14.6. The predicted molar refractivity (Wildman–Crippen MR) is 101 cm³/mol. The molecule has 1 aliphatic carbocycles. The molecule has 2 atom stereocenters. The van der Waals surface area contributed by atoms with Crippen LogP contribution < -0.4 is 4.74 Å². The van der Waals surface area contributed by atoms with Gasteiger partial charge in [0.2, 0.25) is 5.91 Å². The first-order chi connectivity index (χ1) is 12.2. The number of rotatable bonds is 8. The van der Waals surface area contributed by atoms with Gasteiger partial charge in [-0.15, -0.1) is 0 Å². The SMILES string of the molecule is CCCC(=O)N(Cc1ccccc1)C[C@@H]1C[C@H]1c1cccc(OC)c1. The number of benzene rings is 2. The number of carbonyl (C=O) groups excluding carboxylic acids is 1. The molecule has 0 heterocycles. The summed E-state index contributed by atoms with van der Waals surface area (Å²) in [6.45, 7) is 3.62. The number of ether oxygens (including phenoxy) is 1. The molecule has 3 nitrogen and oxygen atoms in total. The van der Waals surface area contributed by atoms with Crippen molar-refractivity contribution < 1.29 is 9.53 Å². The lowest BCUT2D eigenvalue weighted by atomic mass is 10.1. The van der Waals surface area contributed by atoms with Crippen molar-refractivity contribution in [2.75, 3.05) is 13.7 Å². The molecule has 1 amide bonds. The summed E-state index contributed by atoms with van der Waals surface area (Å²) < 4.78 is 5.33. The number of nitrogens with zero attached hydrogens (tertiary/aromatic N) is 1. The number of hydrogen-bond donors (Lipinski definition) is 0. The summed E-state index contributed by atoms with van der Waals surface area (Å²) in [6.07, 6.45) is 2.68. The van der Waals surface area contributed by atoms with Gasteiger partial charge in [0, 0.05) is 19.5 Å². The fraction of sp³-hybridized carbons (Fsp3) is 0.409. The van der Waals surface area contributed by atoms with Crippen molar-refractivity contribution >= 4 is 5.91 Å². The first-order valence-electron chi connectivity index (χ1n) is 9.17. The minimum Gasteiger partial charge on any atom is -0.497 e. The maximum Gasteiger partial charge on any atom is 0.222 e. The molecule has 1 saturated carbocycles. The standard InChI is InChI=1S/C22H27NO2/c1-3-8-22(24)23(15-17-9-5-4-6-10-17)16-19-14-21(19)18-11-7-12-20(13-18)25-2/h4-7,9-13,19,21H,3,8,14-16H2,1-2H3/t19-,21-/m0/s1. The second-order valence-electron chi connectivity index (χ2n) is 6.89. The van der Waals surface area contributed by atoms with Gasteiger partial charge in [-0.1, -0.05) is 49.4 Å². The monoisotopic (exact) mass is 337 g/mol. The lowest BCUT2D eigenvalue weighted by molar-refractivity contribution is -0.132. The molecular weight excluding hydrogens is 310 g/mol. The van der Waals surface area contributed by atoms with E-state index in [1.165, 1.54) is 11.1 Å². The third kappa shape index (κ3) is 4.62. The Hall–Kier alpha value is -2.29. The molecule has 132 valence electrons. The van der Waals surface area contributed by atoms with Gasteiger partial charge in [-0.3, -0.25) is 4.79 Å². The fourth-order valence-electron chi connectivity index (χ4n) is 3.44. The second-order valence-corrected chi connectivity index (χ2v) is 6.89. The number of hydrogen-bond acceptors (Lipinski definition) is 2. The molecule has 2 aromatic rings. The molecule has 1 fully saturated rings. The molecule has 1 aliphatic rings. The van der Waals surface area contributed by atoms with Crippen LogP contribution in [0.4, 0.5) is 0 Å². The average Bonchev–Trinajstić information content (AvgIpc) is 3.41. The Morgan fingerprint density at radius 1 is 1.16 bits per heavy atom. The third-order valence-electron chi connectivity index (χ3n) is 4.93. The summed E-state index contributed by atoms with van der Waals surface area (Å²) in [7, 11) is 1.70. The van der Waals surface area contributed by atoms with Crippen molar-refractivity contribution in [1.29, 1.82) is 0 Å². The molecule has 0 radical (unpaired) electrons. The van der Waals surface area contributed by atoms with Crippen LogP contribution in [0.5, 0.6) is 5.75 Å². The summed E-state index contributed by atoms with van der Waals surface area (Å²) in [5.41, 5.74) is 2.53. The Morgan fingerprint density at radius 2 is 1.96 bits per heavy atom. The van der Waals surface area contributed by atoms with Crippen LogP contribution in [0.2, 0.25) is 0 Å². The molecule has 3 rings (SSSR count). The van der Waals surface area contributed by atoms with Crippen LogP contribution in [0.3, 0.4) is 0 Å². The van der Waals surface area contributed by atoms with E-state index >= 15 is 0 Å². The molecule has 2 aromatic carbocycles. The van der Waals surface area contributed by atoms with Crippen LogP contribution >= 0.6 is 0 Å². The van der Waals surface area contributed by atoms with Crippen molar-refractivity contribution in [3.05, 3.63) is 65.7 Å². The van der Waals surface area contributed by atoms with Crippen LogP contribution in [0.25, 0.3) is 0 Å². The smallest absolute Gasteiger partial charge is 0.222 e. The number of methoxy groups -OCH3 is 1. The zero-order valence-electron chi connectivity index (χ0n) is 15.2. The Kier molecular flexibility index (Phi) is 5.75. The maximum absolute atomic E-state index is 12.6. The molecular formula is C22H27NO2. The predicted octanol–water partition coefficient (Wildman–Crippen LogP) is 4.63. The first-order valence-corrected chi connectivity index (χ1v) is 9.17. The van der Waals surface area contributed by atoms with E-state index in [-0.39, 0.29) is 5.91 Å². The van der Waals surface area contributed by atoms with Crippen molar-refractivity contribution in [3.8, 4) is 5.75 Å². The maximum atomic E-state index is 12.6. The van der Waals surface area contributed by atoms with Crippen LogP contribution in [0.15, 0.2) is 54.6 Å². The molecule has 3 heteroatoms. The van der Waals surface area contributed by atoms with Gasteiger partial charge in [0.1, 0.15) is 5.75 Å². The average molecular weight is 337 g/mol. The quantitative estimate of drug-likeness (QED) is 0.703. The summed E-state index contributed by atoms with van der Waals surface area (Å²) in [5.74, 6) is 2.27. The van der Waals surface area contributed by atoms with Gasteiger partial charge in [0.15, 0.2) is 0 Å². The molecule has 0 spiro atoms. The van der Waals surface area contributed by atoms with Gasteiger partial charge in [0.05, 0.1) is 7.11 Å². The topological polar surface area (TPSA) is 29.5 Å². The highest BCUT2D eigenvalue weighted by atomic mass is 16.5. The molecule has 0 aromatic heterocycles. The van der Waals surface area contributed by atoms with Crippen LogP contribution in [0, 0.1) is 5.92 Å². The van der Waals surface area contributed by atoms with Crippen molar-refractivity contribution in [2.45, 2.75) is 38.6 Å². The van der Waals surface area contributed by atoms with E-state index in [4.69, 9.17) is 4.74 Å². The summed E-state index contributed by atoms with van der Waals surface area (Å²) >= 11 is 0. The highest BCUT2D eigenvalue weighted by Crippen LogP contribution is 2.48. The molecule has 0 bridgehead atoms. The second kappa shape index (κ2) is 8.19. The fourth-order valence-corrected chi connectivity index (χ4v) is 3.44. The van der Waals surface area contributed by atoms with Gasteiger partial charge in [0.25, 0.3) is 0 Å². The molecule has 0 saturated heterocycles. The Morgan fingerprint density at radius 3 is 2.68 bits per heavy atom. The third-order valence-corrected chi connectivity index (χ3v) is 4.93. The van der Waals surface area contributed by atoms with Gasteiger partial charge >= 0.3 is 0 Å². The van der Waals surface area contributed by atoms with Crippen molar-refractivity contribution in [1.82, 2.24) is 4.90 Å². The highest BCUT2D eigenvalue weighted by molar-refractivity contribution is 5.76. The Bertz CT molecular complexity index is 698. The van der Waals surface area contributed by atoms with Gasteiger partial charge < -0.3 is 9.64 Å². The molecule has 0 unspecified atom stereocenters. The lowest BCUT2D eigenvalue weighted by Crippen LogP contribution is -2.32. The summed E-state index contributed by atoms with van der Waals surface area (Å²) in [6, 6.07) is 18.6. The lowest BCUT2D eigenvalue weighted by Gasteiger charge is -2.23. The van der Waals surface area contributed by atoms with E-state index in [1.807, 2.05) is 35.2 Å². The van der Waals surface area contributed by atoms with Crippen molar-refractivity contribution in [3.63, 3.8) is 0 Å². The zero-order chi connectivity index (χ0) is 17.6. The molecule has 0 N–H and O–H groups in total. The first kappa shape index (κ1) is 17.5. The highest BCUT2D eigenvalue weighted by Gasteiger charge is 2.40. The Balaban J connectivity index is 1.65. The van der Waals surface area contributed by atoms with E-state index in [0.717, 1.165) is 25.1 Å². The number of amides is 1. The minimum atomic E-state index is 0.266. The van der Waals surface area contributed by atoms with Crippen molar-refractivity contribution in [2.24, 2.45) is 5.92 Å². The van der Waals surface area contributed by atoms with Crippen LogP contribution in [-0.4, -0.2) is 24.5 Å². The van der Waals surface area contributed by atoms with E-state index in [0.29, 0.717) is 24.8 Å². The van der Waals surface area contributed by atoms with E-state index in [9.17, 15) is 4.79 Å².